The molecule has 0 aromatic heterocycles. The van der Waals surface area contributed by atoms with Gasteiger partial charge in [0.1, 0.15) is 5.75 Å². The lowest BCUT2D eigenvalue weighted by atomic mass is 10.0. The Morgan fingerprint density at radius 3 is 2.50 bits per heavy atom. The van der Waals surface area contributed by atoms with Crippen molar-refractivity contribution in [2.24, 2.45) is 0 Å². The number of carbonyl (C=O) groups excluding carboxylic acids is 1. The summed E-state index contributed by atoms with van der Waals surface area (Å²) in [7, 11) is 3.58. The number of rotatable bonds is 3. The van der Waals surface area contributed by atoms with E-state index >= 15 is 0 Å². The molecule has 0 spiro atoms. The van der Waals surface area contributed by atoms with Gasteiger partial charge in [-0.05, 0) is 42.0 Å². The Morgan fingerprint density at radius 2 is 1.77 bits per heavy atom. The van der Waals surface area contributed by atoms with Crippen molar-refractivity contribution in [1.29, 1.82) is 0 Å². The van der Waals surface area contributed by atoms with E-state index in [9.17, 15) is 4.79 Å². The summed E-state index contributed by atoms with van der Waals surface area (Å²) in [4.78, 5) is 14.4. The molecule has 1 aliphatic rings. The number of likely N-dealkylation sites (N-methyl/N-ethyl adjacent to an activating group) is 1. The lowest BCUT2D eigenvalue weighted by Gasteiger charge is -2.26. The molecule has 3 rings (SSSR count). The van der Waals surface area contributed by atoms with Gasteiger partial charge in [0.25, 0.3) is 0 Å². The number of ketones is 1. The topological polar surface area (TPSA) is 29.5 Å². The number of carbonyl (C=O) groups is 1. The molecule has 0 radical (unpaired) electrons. The fourth-order valence-corrected chi connectivity index (χ4v) is 2.48. The normalized spacial score (nSPS) is 14.8. The van der Waals surface area contributed by atoms with Crippen molar-refractivity contribution in [3.8, 4) is 5.75 Å². The van der Waals surface area contributed by atoms with Crippen molar-refractivity contribution >= 4 is 17.5 Å². The molecule has 0 fully saturated rings. The molecule has 0 saturated heterocycles. The lowest BCUT2D eigenvalue weighted by Crippen LogP contribution is -2.19. The van der Waals surface area contributed by atoms with Crippen LogP contribution in [0, 0.1) is 0 Å². The monoisotopic (exact) mass is 291 g/mol. The van der Waals surface area contributed by atoms with Crippen LogP contribution in [0.3, 0.4) is 0 Å². The van der Waals surface area contributed by atoms with Gasteiger partial charge in [-0.15, -0.1) is 0 Å². The molecule has 1 heterocycles. The van der Waals surface area contributed by atoms with Gasteiger partial charge in [-0.3, -0.25) is 4.79 Å². The largest absolute Gasteiger partial charge is 0.497 e. The van der Waals surface area contributed by atoms with Crippen molar-refractivity contribution in [2.75, 3.05) is 19.1 Å². The third-order valence-corrected chi connectivity index (χ3v) is 3.77. The molecule has 2 aromatic carbocycles. The second-order valence-electron chi connectivity index (χ2n) is 5.11. The fourth-order valence-electron chi connectivity index (χ4n) is 2.48. The number of nitrogens with zero attached hydrogens (tertiary/aromatic N) is 1. The Labute approximate surface area is 130 Å². The van der Waals surface area contributed by atoms with Gasteiger partial charge in [-0.2, -0.15) is 0 Å². The Hall–Kier alpha value is -2.81. The molecule has 110 valence electrons. The number of hydrogen-bond donors (Lipinski definition) is 0. The van der Waals surface area contributed by atoms with Crippen LogP contribution in [0.1, 0.15) is 15.9 Å². The lowest BCUT2D eigenvalue weighted by molar-refractivity contribution is 0.104. The number of methoxy groups -OCH3 is 1. The molecular weight excluding hydrogens is 274 g/mol. The zero-order valence-corrected chi connectivity index (χ0v) is 12.6. The van der Waals surface area contributed by atoms with Crippen molar-refractivity contribution in [1.82, 2.24) is 0 Å². The van der Waals surface area contributed by atoms with E-state index in [-0.39, 0.29) is 5.78 Å². The Kier molecular flexibility index (Phi) is 3.79. The molecule has 0 aliphatic carbocycles. The molecule has 2 aromatic rings. The third kappa shape index (κ3) is 2.66. The molecule has 0 saturated carbocycles. The number of fused-ring (bicyclic) bond motifs is 1. The highest BCUT2D eigenvalue weighted by Gasteiger charge is 2.14. The van der Waals surface area contributed by atoms with Crippen LogP contribution < -0.4 is 9.64 Å². The summed E-state index contributed by atoms with van der Waals surface area (Å²) in [5.41, 5.74) is 3.77. The number of hydrogen-bond acceptors (Lipinski definition) is 3. The summed E-state index contributed by atoms with van der Waals surface area (Å²) in [6.45, 7) is 0. The first-order valence-corrected chi connectivity index (χ1v) is 7.10. The van der Waals surface area contributed by atoms with Crippen LogP contribution in [-0.2, 0) is 0 Å². The number of anilines is 1. The van der Waals surface area contributed by atoms with E-state index in [0.29, 0.717) is 5.56 Å². The quantitative estimate of drug-likeness (QED) is 0.634. The van der Waals surface area contributed by atoms with Crippen LogP contribution in [0.5, 0.6) is 5.75 Å². The van der Waals surface area contributed by atoms with Crippen LogP contribution in [0.2, 0.25) is 0 Å². The molecule has 0 N–H and O–H groups in total. The highest BCUT2D eigenvalue weighted by molar-refractivity contribution is 6.05. The second kappa shape index (κ2) is 5.90. The molecule has 22 heavy (non-hydrogen) atoms. The molecule has 0 atom stereocenters. The van der Waals surface area contributed by atoms with Crippen molar-refractivity contribution in [3.05, 3.63) is 77.5 Å². The van der Waals surface area contributed by atoms with E-state index in [4.69, 9.17) is 4.74 Å². The predicted molar refractivity (Wildman–Crippen MR) is 89.3 cm³/mol. The summed E-state index contributed by atoms with van der Waals surface area (Å²) in [5, 5.41) is 0. The van der Waals surface area contributed by atoms with E-state index < -0.39 is 0 Å². The van der Waals surface area contributed by atoms with Gasteiger partial charge in [-0.25, -0.2) is 0 Å². The summed E-state index contributed by atoms with van der Waals surface area (Å²) in [6.07, 6.45) is 5.65. The minimum atomic E-state index is -0.0199. The van der Waals surface area contributed by atoms with Crippen LogP contribution in [0.15, 0.2) is 66.4 Å². The first-order chi connectivity index (χ1) is 10.7. The average molecular weight is 291 g/mol. The summed E-state index contributed by atoms with van der Waals surface area (Å²) >= 11 is 0. The minimum absolute atomic E-state index is 0.0199. The molecule has 3 nitrogen and oxygen atoms in total. The first kappa shape index (κ1) is 14.1. The van der Waals surface area contributed by atoms with Crippen LogP contribution in [-0.4, -0.2) is 19.9 Å². The fraction of sp³-hybridized carbons (Fsp3) is 0.105. The predicted octanol–water partition coefficient (Wildman–Crippen LogP) is 3.93. The van der Waals surface area contributed by atoms with E-state index in [1.807, 2.05) is 42.3 Å². The van der Waals surface area contributed by atoms with Gasteiger partial charge in [0.05, 0.1) is 7.11 Å². The van der Waals surface area contributed by atoms with Gasteiger partial charge in [0.2, 0.25) is 0 Å². The van der Waals surface area contributed by atoms with Gasteiger partial charge in [0, 0.05) is 30.1 Å². The minimum Gasteiger partial charge on any atom is -0.497 e. The number of para-hydroxylation sites is 1. The van der Waals surface area contributed by atoms with E-state index in [1.165, 1.54) is 0 Å². The van der Waals surface area contributed by atoms with Crippen LogP contribution >= 0.6 is 0 Å². The van der Waals surface area contributed by atoms with Crippen LogP contribution in [0.25, 0.3) is 6.08 Å². The van der Waals surface area contributed by atoms with Crippen molar-refractivity contribution in [3.63, 3.8) is 0 Å². The zero-order chi connectivity index (χ0) is 15.5. The van der Waals surface area contributed by atoms with Gasteiger partial charge in [-0.1, -0.05) is 24.3 Å². The standard InChI is InChI=1S/C19H17NO2/c1-20-16(10-7-14-5-3-4-6-18(14)20)13-19(21)15-8-11-17(22-2)12-9-15/h3-13H,1-2H3/b16-13-. The van der Waals surface area contributed by atoms with Gasteiger partial charge < -0.3 is 9.64 Å². The smallest absolute Gasteiger partial charge is 0.187 e. The highest BCUT2D eigenvalue weighted by Crippen LogP contribution is 2.29. The number of allylic oxidation sites excluding steroid dienone is 2. The molecular formula is C19H17NO2. The summed E-state index contributed by atoms with van der Waals surface area (Å²) < 4.78 is 5.11. The average Bonchev–Trinajstić information content (AvgIpc) is 2.57. The van der Waals surface area contributed by atoms with E-state index in [1.54, 1.807) is 37.5 Å². The molecule has 0 unspecified atom stereocenters. The Balaban J connectivity index is 1.87. The molecule has 0 amide bonds. The second-order valence-corrected chi connectivity index (χ2v) is 5.11. The molecule has 0 bridgehead atoms. The number of ether oxygens (including phenoxy) is 1. The SMILES string of the molecule is COc1ccc(C(=O)/C=C2/C=Cc3ccccc3N2C)cc1. The van der Waals surface area contributed by atoms with Crippen LogP contribution in [0.4, 0.5) is 5.69 Å². The van der Waals surface area contributed by atoms with Gasteiger partial charge >= 0.3 is 0 Å². The zero-order valence-electron chi connectivity index (χ0n) is 12.6. The maximum Gasteiger partial charge on any atom is 0.187 e. The maximum absolute atomic E-state index is 12.4. The summed E-state index contributed by atoms with van der Waals surface area (Å²) in [5.74, 6) is 0.723. The Bertz CT molecular complexity index is 757. The van der Waals surface area contributed by atoms with Crippen molar-refractivity contribution < 1.29 is 9.53 Å². The molecule has 3 heteroatoms. The third-order valence-electron chi connectivity index (χ3n) is 3.77. The molecule has 1 aliphatic heterocycles. The number of benzene rings is 2. The summed E-state index contributed by atoms with van der Waals surface area (Å²) in [6, 6.07) is 15.3. The first-order valence-electron chi connectivity index (χ1n) is 7.10. The maximum atomic E-state index is 12.4. The van der Waals surface area contributed by atoms with Crippen molar-refractivity contribution in [2.45, 2.75) is 0 Å². The van der Waals surface area contributed by atoms with E-state index in [0.717, 1.165) is 22.7 Å². The highest BCUT2D eigenvalue weighted by atomic mass is 16.5. The van der Waals surface area contributed by atoms with E-state index in [2.05, 4.69) is 6.07 Å². The Morgan fingerprint density at radius 1 is 1.05 bits per heavy atom. The van der Waals surface area contributed by atoms with Gasteiger partial charge in [0.15, 0.2) is 5.78 Å².